The van der Waals surface area contributed by atoms with Gasteiger partial charge in [0.1, 0.15) is 22.8 Å². The summed E-state index contributed by atoms with van der Waals surface area (Å²) in [6, 6.07) is 22.7. The van der Waals surface area contributed by atoms with Gasteiger partial charge in [-0.25, -0.2) is 9.97 Å². The highest BCUT2D eigenvalue weighted by Gasteiger charge is 2.18. The molecule has 0 spiro atoms. The van der Waals surface area contributed by atoms with Crippen molar-refractivity contribution >= 4 is 27.9 Å². The van der Waals surface area contributed by atoms with Crippen LogP contribution in [0.4, 0.5) is 0 Å². The predicted molar refractivity (Wildman–Crippen MR) is 127 cm³/mol. The number of nitrogens with zero attached hydrogens (tertiary/aromatic N) is 3. The molecule has 0 saturated carbocycles. The van der Waals surface area contributed by atoms with E-state index in [4.69, 9.17) is 21.3 Å². The zero-order valence-corrected chi connectivity index (χ0v) is 18.0. The molecule has 3 aromatic carbocycles. The van der Waals surface area contributed by atoms with Gasteiger partial charge in [-0.05, 0) is 35.4 Å². The molecule has 0 amide bonds. The molecule has 0 aliphatic carbocycles. The predicted octanol–water partition coefficient (Wildman–Crippen LogP) is 7.05. The Morgan fingerprint density at radius 1 is 0.935 bits per heavy atom. The van der Waals surface area contributed by atoms with Gasteiger partial charge in [0, 0.05) is 23.5 Å². The van der Waals surface area contributed by atoms with Crippen molar-refractivity contribution in [2.24, 2.45) is 0 Å². The summed E-state index contributed by atoms with van der Waals surface area (Å²) in [7, 11) is 0. The van der Waals surface area contributed by atoms with E-state index in [9.17, 15) is 0 Å². The van der Waals surface area contributed by atoms with Crippen molar-refractivity contribution in [3.63, 3.8) is 0 Å². The number of ether oxygens (including phenoxy) is 1. The Balaban J connectivity index is 1.65. The van der Waals surface area contributed by atoms with Gasteiger partial charge in [-0.2, -0.15) is 0 Å². The first-order valence-electron chi connectivity index (χ1n) is 10.5. The van der Waals surface area contributed by atoms with Crippen molar-refractivity contribution in [1.82, 2.24) is 14.4 Å². The average molecular weight is 428 g/mol. The molecule has 5 aromatic rings. The topological polar surface area (TPSA) is 39.4 Å². The van der Waals surface area contributed by atoms with E-state index in [1.807, 2.05) is 47.0 Å². The first-order valence-corrected chi connectivity index (χ1v) is 10.9. The summed E-state index contributed by atoms with van der Waals surface area (Å²) in [6.07, 6.45) is 5.74. The maximum absolute atomic E-state index is 6.55. The molecule has 154 valence electrons. The maximum atomic E-state index is 6.55. The zero-order valence-electron chi connectivity index (χ0n) is 17.3. The Bertz CT molecular complexity index is 1380. The lowest BCUT2D eigenvalue weighted by Crippen LogP contribution is -1.96. The zero-order chi connectivity index (χ0) is 21.2. The van der Waals surface area contributed by atoms with Crippen molar-refractivity contribution in [2.75, 3.05) is 6.61 Å². The maximum Gasteiger partial charge on any atom is 0.155 e. The Morgan fingerprint density at radius 2 is 1.81 bits per heavy atom. The number of fused-ring (bicyclic) bond motifs is 2. The van der Waals surface area contributed by atoms with Gasteiger partial charge < -0.3 is 4.74 Å². The lowest BCUT2D eigenvalue weighted by atomic mass is 10.1. The normalized spacial score (nSPS) is 11.3. The number of hydrogen-bond donors (Lipinski definition) is 0. The molecule has 0 fully saturated rings. The number of halogens is 1. The van der Waals surface area contributed by atoms with Gasteiger partial charge in [0.05, 0.1) is 6.61 Å². The molecule has 4 nitrogen and oxygen atoms in total. The highest BCUT2D eigenvalue weighted by atomic mass is 35.5. The SMILES string of the molecule is CCCCOc1cccc(-c2nc(-c3ccc4ccccc4c3)n3ccnc(Cl)c23)c1. The first-order chi connectivity index (χ1) is 15.2. The molecule has 0 aliphatic rings. The molecule has 0 saturated heterocycles. The lowest BCUT2D eigenvalue weighted by Gasteiger charge is -2.07. The van der Waals surface area contributed by atoms with Crippen molar-refractivity contribution < 1.29 is 4.74 Å². The standard InChI is InChI=1S/C26H22ClN3O/c1-2-3-15-31-22-10-6-9-20(17-22)23-24-25(27)28-13-14-30(24)26(29-23)21-12-11-18-7-4-5-8-19(18)16-21/h4-14,16-17H,2-3,15H2,1H3. The minimum atomic E-state index is 0.425. The van der Waals surface area contributed by atoms with Crippen LogP contribution in [0.1, 0.15) is 19.8 Å². The number of benzene rings is 3. The Labute approximate surface area is 186 Å². The third-order valence-electron chi connectivity index (χ3n) is 5.39. The molecule has 0 aliphatic heterocycles. The second kappa shape index (κ2) is 8.40. The molecule has 0 unspecified atom stereocenters. The van der Waals surface area contributed by atoms with Crippen LogP contribution in [0.3, 0.4) is 0 Å². The highest BCUT2D eigenvalue weighted by Crippen LogP contribution is 2.34. The molecule has 0 radical (unpaired) electrons. The summed E-state index contributed by atoms with van der Waals surface area (Å²) in [5.41, 5.74) is 3.56. The minimum absolute atomic E-state index is 0.425. The largest absolute Gasteiger partial charge is 0.494 e. The fourth-order valence-electron chi connectivity index (χ4n) is 3.80. The fourth-order valence-corrected chi connectivity index (χ4v) is 4.04. The Hall–Kier alpha value is -3.37. The third-order valence-corrected chi connectivity index (χ3v) is 5.67. The monoisotopic (exact) mass is 427 g/mol. The minimum Gasteiger partial charge on any atom is -0.494 e. The molecule has 5 rings (SSSR count). The molecule has 5 heteroatoms. The Kier molecular flexibility index (Phi) is 5.31. The number of hydrogen-bond acceptors (Lipinski definition) is 3. The second-order valence-corrected chi connectivity index (χ2v) is 7.87. The summed E-state index contributed by atoms with van der Waals surface area (Å²) >= 11 is 6.55. The summed E-state index contributed by atoms with van der Waals surface area (Å²) in [5.74, 6) is 1.66. The van der Waals surface area contributed by atoms with Gasteiger partial charge in [-0.1, -0.05) is 73.5 Å². The lowest BCUT2D eigenvalue weighted by molar-refractivity contribution is 0.309. The van der Waals surface area contributed by atoms with E-state index in [2.05, 4.69) is 42.2 Å². The molecule has 0 atom stereocenters. The number of rotatable bonds is 6. The third kappa shape index (κ3) is 3.75. The average Bonchev–Trinajstić information content (AvgIpc) is 3.20. The van der Waals surface area contributed by atoms with Gasteiger partial charge in [-0.15, -0.1) is 0 Å². The molecule has 0 bridgehead atoms. The summed E-state index contributed by atoms with van der Waals surface area (Å²) in [5, 5.41) is 2.79. The van der Waals surface area contributed by atoms with E-state index < -0.39 is 0 Å². The van der Waals surface area contributed by atoms with Gasteiger partial charge in [-0.3, -0.25) is 4.40 Å². The molecule has 2 aromatic heterocycles. The molecular formula is C26H22ClN3O. The van der Waals surface area contributed by atoms with E-state index in [1.54, 1.807) is 6.20 Å². The number of unbranched alkanes of at least 4 members (excludes halogenated alkanes) is 1. The van der Waals surface area contributed by atoms with Crippen LogP contribution in [0.5, 0.6) is 5.75 Å². The van der Waals surface area contributed by atoms with Crippen molar-refractivity contribution in [1.29, 1.82) is 0 Å². The van der Waals surface area contributed by atoms with E-state index in [0.717, 1.165) is 46.8 Å². The van der Waals surface area contributed by atoms with E-state index in [1.165, 1.54) is 10.8 Å². The molecule has 31 heavy (non-hydrogen) atoms. The first kappa shape index (κ1) is 19.6. The van der Waals surface area contributed by atoms with Crippen molar-refractivity contribution in [3.8, 4) is 28.4 Å². The van der Waals surface area contributed by atoms with E-state index in [-0.39, 0.29) is 0 Å². The van der Waals surface area contributed by atoms with Gasteiger partial charge >= 0.3 is 0 Å². The van der Waals surface area contributed by atoms with Crippen LogP contribution in [0.25, 0.3) is 38.9 Å². The summed E-state index contributed by atoms with van der Waals surface area (Å²) in [4.78, 5) is 9.32. The van der Waals surface area contributed by atoms with E-state index in [0.29, 0.717) is 11.8 Å². The van der Waals surface area contributed by atoms with Crippen LogP contribution in [0.15, 0.2) is 79.1 Å². The summed E-state index contributed by atoms with van der Waals surface area (Å²) in [6.45, 7) is 2.86. The molecular weight excluding hydrogens is 406 g/mol. The van der Waals surface area contributed by atoms with Crippen molar-refractivity contribution in [3.05, 3.63) is 84.3 Å². The van der Waals surface area contributed by atoms with Gasteiger partial charge in [0.2, 0.25) is 0 Å². The van der Waals surface area contributed by atoms with Gasteiger partial charge in [0.25, 0.3) is 0 Å². The van der Waals surface area contributed by atoms with Crippen LogP contribution in [-0.4, -0.2) is 21.0 Å². The van der Waals surface area contributed by atoms with Crippen molar-refractivity contribution in [2.45, 2.75) is 19.8 Å². The number of aromatic nitrogens is 3. The molecule has 0 N–H and O–H groups in total. The highest BCUT2D eigenvalue weighted by molar-refractivity contribution is 6.33. The fraction of sp³-hybridized carbons (Fsp3) is 0.154. The van der Waals surface area contributed by atoms with Crippen LogP contribution in [0.2, 0.25) is 5.15 Å². The quantitative estimate of drug-likeness (QED) is 0.272. The van der Waals surface area contributed by atoms with Crippen LogP contribution < -0.4 is 4.74 Å². The van der Waals surface area contributed by atoms with E-state index >= 15 is 0 Å². The van der Waals surface area contributed by atoms with Crippen LogP contribution in [-0.2, 0) is 0 Å². The van der Waals surface area contributed by atoms with Crippen LogP contribution >= 0.6 is 11.6 Å². The van der Waals surface area contributed by atoms with Crippen LogP contribution in [0, 0.1) is 0 Å². The number of imidazole rings is 1. The summed E-state index contributed by atoms with van der Waals surface area (Å²) < 4.78 is 7.92. The van der Waals surface area contributed by atoms with Gasteiger partial charge in [0.15, 0.2) is 5.15 Å². The second-order valence-electron chi connectivity index (χ2n) is 7.51. The molecule has 2 heterocycles. The Morgan fingerprint density at radius 3 is 2.68 bits per heavy atom. The smallest absolute Gasteiger partial charge is 0.155 e.